The van der Waals surface area contributed by atoms with Crippen molar-refractivity contribution < 1.29 is 9.47 Å². The second kappa shape index (κ2) is 5.07. The van der Waals surface area contributed by atoms with Crippen molar-refractivity contribution in [2.24, 2.45) is 11.7 Å². The summed E-state index contributed by atoms with van der Waals surface area (Å²) in [6.07, 6.45) is 4.33. The van der Waals surface area contributed by atoms with Crippen LogP contribution in [0.3, 0.4) is 0 Å². The molecule has 1 aliphatic heterocycles. The summed E-state index contributed by atoms with van der Waals surface area (Å²) in [6, 6.07) is 6.33. The van der Waals surface area contributed by atoms with Gasteiger partial charge >= 0.3 is 0 Å². The lowest BCUT2D eigenvalue weighted by molar-refractivity contribution is 0.172. The fraction of sp³-hybridized carbons (Fsp3) is 0.438. The Balaban J connectivity index is 1.74. The molecule has 5 heteroatoms. The van der Waals surface area contributed by atoms with Gasteiger partial charge in [-0.25, -0.2) is 4.98 Å². The quantitative estimate of drug-likeness (QED) is 0.901. The molecule has 110 valence electrons. The van der Waals surface area contributed by atoms with E-state index in [-0.39, 0.29) is 0 Å². The second-order valence-corrected chi connectivity index (χ2v) is 5.70. The van der Waals surface area contributed by atoms with Gasteiger partial charge in [-0.3, -0.25) is 0 Å². The number of hydrogen-bond acceptors (Lipinski definition) is 5. The minimum Gasteiger partial charge on any atom is -0.486 e. The first-order chi connectivity index (χ1) is 10.3. The zero-order valence-electron chi connectivity index (χ0n) is 11.8. The van der Waals surface area contributed by atoms with E-state index in [1.165, 1.54) is 12.8 Å². The number of hydrogen-bond donors (Lipinski definition) is 2. The molecule has 5 nitrogen and oxygen atoms in total. The van der Waals surface area contributed by atoms with Gasteiger partial charge in [0.1, 0.15) is 19.0 Å². The maximum absolute atomic E-state index is 5.88. The van der Waals surface area contributed by atoms with Crippen LogP contribution in [0.15, 0.2) is 24.4 Å². The van der Waals surface area contributed by atoms with Gasteiger partial charge in [0.2, 0.25) is 0 Å². The van der Waals surface area contributed by atoms with E-state index in [9.17, 15) is 0 Å². The third kappa shape index (κ3) is 2.38. The van der Waals surface area contributed by atoms with Crippen molar-refractivity contribution in [2.45, 2.75) is 18.9 Å². The molecule has 2 heterocycles. The number of anilines is 1. The maximum atomic E-state index is 5.88. The molecular formula is C16H19N3O2. The van der Waals surface area contributed by atoms with Gasteiger partial charge in [0.05, 0.1) is 0 Å². The molecule has 2 aromatic rings. The van der Waals surface area contributed by atoms with Crippen LogP contribution in [0.2, 0.25) is 0 Å². The molecule has 0 amide bonds. The summed E-state index contributed by atoms with van der Waals surface area (Å²) in [5, 5.41) is 5.66. The number of rotatable bonds is 4. The van der Waals surface area contributed by atoms with Crippen molar-refractivity contribution in [1.29, 1.82) is 0 Å². The predicted molar refractivity (Wildman–Crippen MR) is 81.9 cm³/mol. The van der Waals surface area contributed by atoms with Crippen molar-refractivity contribution in [1.82, 2.24) is 4.98 Å². The van der Waals surface area contributed by atoms with E-state index in [0.29, 0.717) is 31.7 Å². The Bertz CT molecular complexity index is 670. The first-order valence-electron chi connectivity index (χ1n) is 7.50. The van der Waals surface area contributed by atoms with Gasteiger partial charge in [-0.15, -0.1) is 0 Å². The lowest BCUT2D eigenvalue weighted by Crippen LogP contribution is -2.31. The van der Waals surface area contributed by atoms with Gasteiger partial charge in [0.25, 0.3) is 0 Å². The Morgan fingerprint density at radius 3 is 2.71 bits per heavy atom. The van der Waals surface area contributed by atoms with Gasteiger partial charge in [0.15, 0.2) is 11.5 Å². The Kier molecular flexibility index (Phi) is 3.07. The summed E-state index contributed by atoms with van der Waals surface area (Å²) in [5.41, 5.74) is 5.88. The molecule has 1 aromatic heterocycles. The maximum Gasteiger partial charge on any atom is 0.162 e. The molecule has 3 N–H and O–H groups in total. The number of ether oxygens (including phenoxy) is 2. The molecule has 1 aromatic carbocycles. The Labute approximate surface area is 123 Å². The molecule has 1 atom stereocenters. The molecule has 0 radical (unpaired) electrons. The molecule has 21 heavy (non-hydrogen) atoms. The van der Waals surface area contributed by atoms with Crippen LogP contribution in [-0.4, -0.2) is 30.8 Å². The van der Waals surface area contributed by atoms with E-state index in [4.69, 9.17) is 15.2 Å². The molecule has 4 rings (SSSR count). The number of benzene rings is 1. The Morgan fingerprint density at radius 1 is 1.24 bits per heavy atom. The summed E-state index contributed by atoms with van der Waals surface area (Å²) in [5.74, 6) is 3.17. The first kappa shape index (κ1) is 12.7. The molecule has 1 fully saturated rings. The van der Waals surface area contributed by atoms with Crippen LogP contribution in [0, 0.1) is 5.92 Å². The average molecular weight is 285 g/mol. The highest BCUT2D eigenvalue weighted by molar-refractivity contribution is 5.94. The molecule has 1 saturated carbocycles. The average Bonchev–Trinajstić information content (AvgIpc) is 3.35. The number of nitrogens with two attached hydrogens (primary N) is 1. The highest BCUT2D eigenvalue weighted by atomic mass is 16.6. The number of nitrogens with zero attached hydrogens (tertiary/aromatic N) is 1. The number of aromatic nitrogens is 1. The van der Waals surface area contributed by atoms with E-state index in [1.54, 1.807) is 0 Å². The van der Waals surface area contributed by atoms with Crippen LogP contribution in [0.1, 0.15) is 12.8 Å². The van der Waals surface area contributed by atoms with Crippen molar-refractivity contribution in [3.63, 3.8) is 0 Å². The molecule has 1 unspecified atom stereocenters. The third-order valence-electron chi connectivity index (χ3n) is 4.19. The molecular weight excluding hydrogens is 266 g/mol. The van der Waals surface area contributed by atoms with Crippen molar-refractivity contribution in [2.75, 3.05) is 25.1 Å². The molecule has 0 bridgehead atoms. The summed E-state index contributed by atoms with van der Waals surface area (Å²) >= 11 is 0. The van der Waals surface area contributed by atoms with Crippen molar-refractivity contribution >= 4 is 16.6 Å². The fourth-order valence-corrected chi connectivity index (χ4v) is 2.87. The van der Waals surface area contributed by atoms with Crippen molar-refractivity contribution in [3.8, 4) is 11.5 Å². The summed E-state index contributed by atoms with van der Waals surface area (Å²) in [4.78, 5) is 4.49. The van der Waals surface area contributed by atoms with E-state index >= 15 is 0 Å². The van der Waals surface area contributed by atoms with Crippen LogP contribution in [0.25, 0.3) is 10.8 Å². The Hall–Kier alpha value is -2.01. The Morgan fingerprint density at radius 2 is 2.00 bits per heavy atom. The largest absolute Gasteiger partial charge is 0.486 e. The zero-order chi connectivity index (χ0) is 14.2. The first-order valence-corrected chi connectivity index (χ1v) is 7.50. The van der Waals surface area contributed by atoms with Crippen LogP contribution in [-0.2, 0) is 0 Å². The summed E-state index contributed by atoms with van der Waals surface area (Å²) in [7, 11) is 0. The van der Waals surface area contributed by atoms with Gasteiger partial charge < -0.3 is 20.5 Å². The SMILES string of the molecule is NCC(Nc1nccc2cc3c(cc12)OCCO3)C1CC1. The van der Waals surface area contributed by atoms with Gasteiger partial charge in [0, 0.05) is 24.2 Å². The van der Waals surface area contributed by atoms with E-state index in [2.05, 4.69) is 10.3 Å². The monoisotopic (exact) mass is 285 g/mol. The fourth-order valence-electron chi connectivity index (χ4n) is 2.87. The van der Waals surface area contributed by atoms with E-state index in [0.717, 1.165) is 28.1 Å². The van der Waals surface area contributed by atoms with Gasteiger partial charge in [-0.1, -0.05) is 0 Å². The topological polar surface area (TPSA) is 69.4 Å². The van der Waals surface area contributed by atoms with Gasteiger partial charge in [-0.05, 0) is 42.3 Å². The predicted octanol–water partition coefficient (Wildman–Crippen LogP) is 2.16. The van der Waals surface area contributed by atoms with Gasteiger partial charge in [-0.2, -0.15) is 0 Å². The standard InChI is InChI=1S/C16H19N3O2/c17-9-13(10-1-2-10)19-16-12-8-15-14(20-5-6-21-15)7-11(12)3-4-18-16/h3-4,7-8,10,13H,1-2,5-6,9,17H2,(H,18,19). The van der Waals surface area contributed by atoms with Crippen LogP contribution in [0.4, 0.5) is 5.82 Å². The van der Waals surface area contributed by atoms with Crippen LogP contribution in [0.5, 0.6) is 11.5 Å². The number of pyridine rings is 1. The lowest BCUT2D eigenvalue weighted by atomic mass is 10.1. The van der Waals surface area contributed by atoms with E-state index in [1.807, 2.05) is 24.4 Å². The highest BCUT2D eigenvalue weighted by Gasteiger charge is 2.30. The number of fused-ring (bicyclic) bond motifs is 2. The van der Waals surface area contributed by atoms with Crippen LogP contribution < -0.4 is 20.5 Å². The smallest absolute Gasteiger partial charge is 0.162 e. The zero-order valence-corrected chi connectivity index (χ0v) is 11.8. The van der Waals surface area contributed by atoms with Crippen molar-refractivity contribution in [3.05, 3.63) is 24.4 Å². The van der Waals surface area contributed by atoms with Crippen LogP contribution >= 0.6 is 0 Å². The second-order valence-electron chi connectivity index (χ2n) is 5.70. The third-order valence-corrected chi connectivity index (χ3v) is 4.19. The molecule has 2 aliphatic rings. The minimum atomic E-state index is 0.302. The summed E-state index contributed by atoms with van der Waals surface area (Å²) in [6.45, 7) is 1.83. The number of nitrogens with one attached hydrogen (secondary N) is 1. The lowest BCUT2D eigenvalue weighted by Gasteiger charge is -2.21. The van der Waals surface area contributed by atoms with E-state index < -0.39 is 0 Å². The molecule has 1 aliphatic carbocycles. The normalized spacial score (nSPS) is 18.5. The minimum absolute atomic E-state index is 0.302. The highest BCUT2D eigenvalue weighted by Crippen LogP contribution is 2.38. The summed E-state index contributed by atoms with van der Waals surface area (Å²) < 4.78 is 11.3. The molecule has 0 saturated heterocycles. The molecule has 0 spiro atoms.